The van der Waals surface area contributed by atoms with Crippen LogP contribution in [0.4, 0.5) is 5.69 Å². The van der Waals surface area contributed by atoms with Crippen LogP contribution in [0.25, 0.3) is 22.3 Å². The quantitative estimate of drug-likeness (QED) is 0.668. The lowest BCUT2D eigenvalue weighted by atomic mass is 9.98. The Bertz CT molecular complexity index is 1160. The summed E-state index contributed by atoms with van der Waals surface area (Å²) in [5.41, 5.74) is 3.45. The molecule has 0 atom stereocenters. The van der Waals surface area contributed by atoms with Crippen LogP contribution in [0.2, 0.25) is 0 Å². The number of anilines is 1. The predicted octanol–water partition coefficient (Wildman–Crippen LogP) is 4.60. The lowest BCUT2D eigenvalue weighted by Crippen LogP contribution is -1.90. The number of nitrogens with two attached hydrogens (primary N) is 1. The first-order chi connectivity index (χ1) is 14.7. The largest absolute Gasteiger partial charge is 0.398 e. The Morgan fingerprint density at radius 3 is 1.84 bits per heavy atom. The average Bonchev–Trinajstić information content (AvgIpc) is 2.76. The highest BCUT2D eigenvalue weighted by atomic mass is 14.6. The van der Waals surface area contributed by atoms with E-state index in [9.17, 15) is 0 Å². The van der Waals surface area contributed by atoms with Gasteiger partial charge in [0.2, 0.25) is 0 Å². The molecule has 0 bridgehead atoms. The van der Waals surface area contributed by atoms with Gasteiger partial charge in [0, 0.05) is 11.3 Å². The zero-order valence-electron chi connectivity index (χ0n) is 22.6. The number of rotatable bonds is 2. The van der Waals surface area contributed by atoms with Gasteiger partial charge >= 0.3 is 0 Å². The van der Waals surface area contributed by atoms with Gasteiger partial charge in [-0.15, -0.1) is 0 Å². The van der Waals surface area contributed by atoms with E-state index >= 15 is 0 Å². The molecule has 3 aromatic carbocycles. The summed E-state index contributed by atoms with van der Waals surface area (Å²) in [6.45, 7) is 0. The van der Waals surface area contributed by atoms with Crippen LogP contribution in [0, 0.1) is 0 Å². The van der Waals surface area contributed by atoms with Crippen LogP contribution in [0.5, 0.6) is 0 Å². The molecule has 0 aliphatic heterocycles. The summed E-state index contributed by atoms with van der Waals surface area (Å²) in [5, 5.41) is 0. The first kappa shape index (κ1) is 3.97. The van der Waals surface area contributed by atoms with Gasteiger partial charge in [0.25, 0.3) is 0 Å². The summed E-state index contributed by atoms with van der Waals surface area (Å²) in [7, 11) is 0. The topological polar surface area (TPSA) is 26.0 Å². The van der Waals surface area contributed by atoms with Crippen LogP contribution >= 0.6 is 0 Å². The molecule has 0 heterocycles. The minimum atomic E-state index is -0.715. The van der Waals surface area contributed by atoms with Gasteiger partial charge in [0.1, 0.15) is 0 Å². The second-order valence-electron chi connectivity index (χ2n) is 3.54. The monoisotopic (exact) mass is 258 g/mol. The molecule has 0 fully saturated rings. The van der Waals surface area contributed by atoms with E-state index in [-0.39, 0.29) is 0 Å². The molecule has 0 spiro atoms. The summed E-state index contributed by atoms with van der Waals surface area (Å²) in [6.07, 6.45) is 0. The maximum atomic E-state index is 8.62. The predicted molar refractivity (Wildman–Crippen MR) is 81.7 cm³/mol. The van der Waals surface area contributed by atoms with Crippen LogP contribution in [0.1, 0.15) is 17.8 Å². The van der Waals surface area contributed by atoms with Crippen molar-refractivity contribution in [3.8, 4) is 22.3 Å². The van der Waals surface area contributed by atoms with Crippen molar-refractivity contribution >= 4 is 5.69 Å². The third-order valence-corrected chi connectivity index (χ3v) is 2.34. The second kappa shape index (κ2) is 4.99. The highest BCUT2D eigenvalue weighted by Gasteiger charge is 2.04. The SMILES string of the molecule is [2H]c1c([2H])c([2H])c(-c2c([2H])c([2H])c(N)c(-c3c([2H])c([2H])c([2H])c([2H])c3[2H])c2[2H])c([2H])c1[2H]. The molecule has 0 unspecified atom stereocenters. The maximum Gasteiger partial charge on any atom is 0.0645 e. The highest BCUT2D eigenvalue weighted by Crippen LogP contribution is 2.30. The fourth-order valence-electron chi connectivity index (χ4n) is 1.49. The first-order valence-electron chi connectivity index (χ1n) is 11.8. The third-order valence-electron chi connectivity index (χ3n) is 2.34. The van der Waals surface area contributed by atoms with E-state index in [0.717, 1.165) is 0 Å². The van der Waals surface area contributed by atoms with E-state index < -0.39 is 106 Å². The minimum Gasteiger partial charge on any atom is -0.398 e. The van der Waals surface area contributed by atoms with Gasteiger partial charge in [-0.3, -0.25) is 0 Å². The Hall–Kier alpha value is -2.54. The van der Waals surface area contributed by atoms with Crippen molar-refractivity contribution in [3.05, 3.63) is 78.6 Å². The van der Waals surface area contributed by atoms with Gasteiger partial charge in [-0.1, -0.05) is 66.5 Å². The molecule has 3 aromatic rings. The molecule has 2 N–H and O–H groups in total. The zero-order valence-corrected chi connectivity index (χ0v) is 9.58. The molecule has 0 aliphatic carbocycles. The van der Waals surface area contributed by atoms with Crippen molar-refractivity contribution in [1.29, 1.82) is 0 Å². The van der Waals surface area contributed by atoms with Crippen LogP contribution in [0.3, 0.4) is 0 Å². The average molecular weight is 258 g/mol. The lowest BCUT2D eigenvalue weighted by molar-refractivity contribution is 1.58. The molecule has 0 aromatic heterocycles. The van der Waals surface area contributed by atoms with Crippen LogP contribution in [0.15, 0.2) is 78.6 Å². The highest BCUT2D eigenvalue weighted by molar-refractivity contribution is 5.81. The van der Waals surface area contributed by atoms with Gasteiger partial charge in [0.15, 0.2) is 0 Å². The molecule has 0 amide bonds. The number of benzene rings is 3. The minimum absolute atomic E-state index is 0.454. The van der Waals surface area contributed by atoms with Crippen molar-refractivity contribution in [2.75, 3.05) is 5.73 Å². The molecule has 92 valence electrons. The van der Waals surface area contributed by atoms with E-state index in [1.54, 1.807) is 0 Å². The molecule has 19 heavy (non-hydrogen) atoms. The Labute approximate surface area is 131 Å². The molecular formula is C18H15N. The van der Waals surface area contributed by atoms with E-state index in [1.165, 1.54) is 0 Å². The summed E-state index contributed by atoms with van der Waals surface area (Å²) in [4.78, 5) is 0. The van der Waals surface area contributed by atoms with E-state index in [1.807, 2.05) is 0 Å². The molecule has 0 aliphatic rings. The Balaban J connectivity index is 2.59. The van der Waals surface area contributed by atoms with Crippen molar-refractivity contribution in [1.82, 2.24) is 0 Å². The van der Waals surface area contributed by atoms with E-state index in [0.29, 0.717) is 0 Å². The summed E-state index contributed by atoms with van der Waals surface area (Å²) < 4.78 is 105. The van der Waals surface area contributed by atoms with Gasteiger partial charge in [-0.2, -0.15) is 0 Å². The molecule has 1 nitrogen and oxygen atoms in total. The summed E-state index contributed by atoms with van der Waals surface area (Å²) in [6, 6.07) is -9.08. The smallest absolute Gasteiger partial charge is 0.0645 e. The van der Waals surface area contributed by atoms with E-state index in [4.69, 9.17) is 23.6 Å². The Morgan fingerprint density at radius 1 is 0.632 bits per heavy atom. The van der Waals surface area contributed by atoms with Crippen molar-refractivity contribution in [2.45, 2.75) is 0 Å². The molecule has 0 radical (unpaired) electrons. The van der Waals surface area contributed by atoms with Crippen molar-refractivity contribution < 1.29 is 17.8 Å². The fraction of sp³-hybridized carbons (Fsp3) is 0. The molecule has 0 saturated carbocycles. The fourth-order valence-corrected chi connectivity index (χ4v) is 1.49. The molecular weight excluding hydrogens is 230 g/mol. The molecule has 3 rings (SSSR count). The summed E-state index contributed by atoms with van der Waals surface area (Å²) in [5.74, 6) is 0. The molecule has 0 saturated heterocycles. The van der Waals surface area contributed by atoms with Crippen LogP contribution in [-0.2, 0) is 0 Å². The van der Waals surface area contributed by atoms with Crippen LogP contribution < -0.4 is 5.73 Å². The van der Waals surface area contributed by atoms with Gasteiger partial charge in [-0.05, 0) is 28.8 Å². The van der Waals surface area contributed by atoms with Crippen molar-refractivity contribution in [2.24, 2.45) is 0 Å². The molecule has 1 heteroatoms. The Morgan fingerprint density at radius 2 is 1.21 bits per heavy atom. The normalized spacial score (nSPS) is 19.9. The van der Waals surface area contributed by atoms with Gasteiger partial charge in [-0.25, -0.2) is 0 Å². The standard InChI is InChI=1S/C18H15N/c19-18-12-11-16(14-7-3-1-4-8-14)13-17(18)15-9-5-2-6-10-15/h1-13H,19H2/i1D,2D,3D,4D,5D,6D,7D,8D,9D,10D,11D,12D,13D. The first-order valence-corrected chi connectivity index (χ1v) is 5.29. The number of hydrogen-bond acceptors (Lipinski definition) is 1. The Kier molecular flexibility index (Phi) is 1.04. The number of hydrogen-bond donors (Lipinski definition) is 1. The van der Waals surface area contributed by atoms with Gasteiger partial charge in [0.05, 0.1) is 17.8 Å². The maximum absolute atomic E-state index is 8.62. The van der Waals surface area contributed by atoms with E-state index in [2.05, 4.69) is 0 Å². The number of nitrogen functional groups attached to an aromatic ring is 1. The van der Waals surface area contributed by atoms with Crippen molar-refractivity contribution in [3.63, 3.8) is 0 Å². The second-order valence-corrected chi connectivity index (χ2v) is 3.54. The third kappa shape index (κ3) is 2.36. The zero-order chi connectivity index (χ0) is 24.4. The van der Waals surface area contributed by atoms with Crippen LogP contribution in [-0.4, -0.2) is 0 Å². The lowest BCUT2D eigenvalue weighted by Gasteiger charge is -2.09. The van der Waals surface area contributed by atoms with Gasteiger partial charge < -0.3 is 5.73 Å². The summed E-state index contributed by atoms with van der Waals surface area (Å²) >= 11 is 0.